The maximum absolute atomic E-state index is 12.6. The number of hydrogen-bond acceptors (Lipinski definition) is 6. The van der Waals surface area contributed by atoms with E-state index in [-0.39, 0.29) is 5.57 Å². The van der Waals surface area contributed by atoms with Gasteiger partial charge in [0, 0.05) is 10.9 Å². The lowest BCUT2D eigenvalue weighted by Gasteiger charge is -2.05. The van der Waals surface area contributed by atoms with Crippen LogP contribution in [0.4, 0.5) is 5.13 Å². The molecule has 33 heavy (non-hydrogen) atoms. The molecule has 2 aromatic carbocycles. The lowest BCUT2D eigenvalue weighted by Crippen LogP contribution is -2.13. The lowest BCUT2D eigenvalue weighted by molar-refractivity contribution is -0.112. The van der Waals surface area contributed by atoms with Crippen LogP contribution in [0.5, 0.6) is 11.5 Å². The summed E-state index contributed by atoms with van der Waals surface area (Å²) in [4.78, 5) is 17.1. The second-order valence-corrected chi connectivity index (χ2v) is 8.16. The van der Waals surface area contributed by atoms with E-state index in [0.717, 1.165) is 47.6 Å². The van der Waals surface area contributed by atoms with Crippen LogP contribution in [0.2, 0.25) is 0 Å². The quantitative estimate of drug-likeness (QED) is 0.205. The maximum Gasteiger partial charge on any atom is 0.268 e. The van der Waals surface area contributed by atoms with E-state index in [9.17, 15) is 10.1 Å². The first kappa shape index (κ1) is 24.0. The zero-order valence-corrected chi connectivity index (χ0v) is 19.7. The van der Waals surface area contributed by atoms with E-state index < -0.39 is 5.91 Å². The molecule has 1 heterocycles. The van der Waals surface area contributed by atoms with Crippen molar-refractivity contribution >= 4 is 28.5 Å². The molecule has 3 rings (SSSR count). The van der Waals surface area contributed by atoms with Crippen molar-refractivity contribution in [1.82, 2.24) is 4.98 Å². The summed E-state index contributed by atoms with van der Waals surface area (Å²) in [6.45, 7) is 5.52. The summed E-state index contributed by atoms with van der Waals surface area (Å²) in [5.41, 5.74) is 2.42. The molecule has 6 nitrogen and oxygen atoms in total. The number of nitriles is 1. The molecule has 0 saturated carbocycles. The minimum Gasteiger partial charge on any atom is -0.494 e. The van der Waals surface area contributed by atoms with E-state index in [1.165, 1.54) is 11.3 Å². The molecular weight excluding hydrogens is 434 g/mol. The van der Waals surface area contributed by atoms with Gasteiger partial charge in [0.25, 0.3) is 5.91 Å². The number of hydrogen-bond donors (Lipinski definition) is 1. The molecule has 1 aromatic heterocycles. The average molecular weight is 462 g/mol. The van der Waals surface area contributed by atoms with E-state index >= 15 is 0 Å². The highest BCUT2D eigenvalue weighted by molar-refractivity contribution is 7.14. The van der Waals surface area contributed by atoms with Crippen LogP contribution in [0.1, 0.15) is 38.7 Å². The normalized spacial score (nSPS) is 11.0. The van der Waals surface area contributed by atoms with Crippen molar-refractivity contribution in [2.75, 3.05) is 18.5 Å². The van der Waals surface area contributed by atoms with E-state index in [2.05, 4.69) is 24.1 Å². The number of aromatic nitrogens is 1. The Kier molecular flexibility index (Phi) is 9.04. The third-order valence-corrected chi connectivity index (χ3v) is 5.43. The number of rotatable bonds is 11. The summed E-state index contributed by atoms with van der Waals surface area (Å²) >= 11 is 1.31. The first-order valence-corrected chi connectivity index (χ1v) is 11.9. The molecule has 0 bridgehead atoms. The van der Waals surface area contributed by atoms with E-state index in [0.29, 0.717) is 18.3 Å². The number of carbonyl (C=O) groups is 1. The van der Waals surface area contributed by atoms with Crippen molar-refractivity contribution in [3.8, 4) is 28.8 Å². The molecule has 0 fully saturated rings. The standard InChI is InChI=1S/C26H27N3O3S/c1-3-5-15-32-22-10-6-19(7-11-22)16-21(17-27)25(30)29-26-28-24(18-33-26)20-8-12-23(13-9-20)31-14-4-2/h6-13,16,18H,3-5,14-15H2,1-2H3,(H,28,29,30)/b21-16+. The van der Waals surface area contributed by atoms with Crippen molar-refractivity contribution in [3.63, 3.8) is 0 Å². The maximum atomic E-state index is 12.6. The molecule has 3 aromatic rings. The SMILES string of the molecule is CCCCOc1ccc(/C=C(\C#N)C(=O)Nc2nc(-c3ccc(OCCC)cc3)cs2)cc1. The monoisotopic (exact) mass is 461 g/mol. The average Bonchev–Trinajstić information content (AvgIpc) is 3.31. The zero-order chi connectivity index (χ0) is 23.5. The molecule has 0 atom stereocenters. The minimum atomic E-state index is -0.495. The number of carbonyl (C=O) groups excluding carboxylic acids is 1. The van der Waals surface area contributed by atoms with Crippen molar-refractivity contribution in [3.05, 3.63) is 65.0 Å². The van der Waals surface area contributed by atoms with Crippen molar-refractivity contribution in [1.29, 1.82) is 5.26 Å². The predicted molar refractivity (Wildman–Crippen MR) is 132 cm³/mol. The Morgan fingerprint density at radius 1 is 1.03 bits per heavy atom. The Labute approximate surface area is 198 Å². The molecule has 0 saturated heterocycles. The number of thiazole rings is 1. The number of nitrogens with one attached hydrogen (secondary N) is 1. The number of unbranched alkanes of at least 4 members (excludes halogenated alkanes) is 1. The third-order valence-electron chi connectivity index (χ3n) is 4.67. The minimum absolute atomic E-state index is 0.00354. The van der Waals surface area contributed by atoms with Gasteiger partial charge in [-0.15, -0.1) is 11.3 Å². The van der Waals surface area contributed by atoms with Crippen LogP contribution >= 0.6 is 11.3 Å². The fraction of sp³-hybridized carbons (Fsp3) is 0.269. The Hall–Kier alpha value is -3.63. The third kappa shape index (κ3) is 7.19. The number of ether oxygens (including phenoxy) is 2. The van der Waals surface area contributed by atoms with Crippen LogP contribution < -0.4 is 14.8 Å². The van der Waals surface area contributed by atoms with Crippen molar-refractivity contribution < 1.29 is 14.3 Å². The summed E-state index contributed by atoms with van der Waals surface area (Å²) in [6.07, 6.45) is 4.57. The highest BCUT2D eigenvalue weighted by Crippen LogP contribution is 2.27. The highest BCUT2D eigenvalue weighted by atomic mass is 32.1. The van der Waals surface area contributed by atoms with Gasteiger partial charge < -0.3 is 9.47 Å². The fourth-order valence-electron chi connectivity index (χ4n) is 2.88. The second-order valence-electron chi connectivity index (χ2n) is 7.31. The Balaban J connectivity index is 1.63. The van der Waals surface area contributed by atoms with E-state index in [1.54, 1.807) is 6.08 Å². The van der Waals surface area contributed by atoms with Gasteiger partial charge in [0.05, 0.1) is 18.9 Å². The number of nitrogens with zero attached hydrogens (tertiary/aromatic N) is 2. The van der Waals surface area contributed by atoms with Gasteiger partial charge in [-0.05, 0) is 60.9 Å². The van der Waals surface area contributed by atoms with Gasteiger partial charge in [-0.25, -0.2) is 4.98 Å². The van der Waals surface area contributed by atoms with Gasteiger partial charge in [-0.1, -0.05) is 32.4 Å². The molecule has 0 spiro atoms. The van der Waals surface area contributed by atoms with E-state index in [4.69, 9.17) is 9.47 Å². The van der Waals surface area contributed by atoms with Crippen LogP contribution in [0.3, 0.4) is 0 Å². The van der Waals surface area contributed by atoms with Crippen LogP contribution in [0.15, 0.2) is 59.5 Å². The first-order chi connectivity index (χ1) is 16.1. The molecule has 7 heteroatoms. The first-order valence-electron chi connectivity index (χ1n) is 11.0. The van der Waals surface area contributed by atoms with Crippen LogP contribution in [-0.4, -0.2) is 24.1 Å². The summed E-state index contributed by atoms with van der Waals surface area (Å²) in [5, 5.41) is 14.5. The largest absolute Gasteiger partial charge is 0.494 e. The number of benzene rings is 2. The summed E-state index contributed by atoms with van der Waals surface area (Å²) in [5.74, 6) is 1.09. The van der Waals surface area contributed by atoms with E-state index in [1.807, 2.05) is 60.0 Å². The van der Waals surface area contributed by atoms with Crippen molar-refractivity contribution in [2.45, 2.75) is 33.1 Å². The summed E-state index contributed by atoms with van der Waals surface area (Å²) in [7, 11) is 0. The zero-order valence-electron chi connectivity index (χ0n) is 18.8. The molecule has 0 aliphatic heterocycles. The van der Waals surface area contributed by atoms with Gasteiger partial charge in [0.1, 0.15) is 23.1 Å². The smallest absolute Gasteiger partial charge is 0.268 e. The molecule has 0 radical (unpaired) electrons. The molecule has 1 amide bonds. The van der Waals surface area contributed by atoms with Crippen LogP contribution in [-0.2, 0) is 4.79 Å². The lowest BCUT2D eigenvalue weighted by atomic mass is 10.1. The van der Waals surface area contributed by atoms with Crippen LogP contribution in [0, 0.1) is 11.3 Å². The number of amides is 1. The highest BCUT2D eigenvalue weighted by Gasteiger charge is 2.13. The molecule has 170 valence electrons. The van der Waals surface area contributed by atoms with Gasteiger partial charge in [-0.2, -0.15) is 5.26 Å². The molecule has 0 unspecified atom stereocenters. The van der Waals surface area contributed by atoms with Gasteiger partial charge >= 0.3 is 0 Å². The van der Waals surface area contributed by atoms with Gasteiger partial charge in [0.15, 0.2) is 5.13 Å². The Morgan fingerprint density at radius 3 is 2.33 bits per heavy atom. The second kappa shape index (κ2) is 12.4. The summed E-state index contributed by atoms with van der Waals surface area (Å²) < 4.78 is 11.2. The van der Waals surface area contributed by atoms with Crippen molar-refractivity contribution in [2.24, 2.45) is 0 Å². The number of anilines is 1. The molecular formula is C26H27N3O3S. The van der Waals surface area contributed by atoms with Gasteiger partial charge in [0.2, 0.25) is 0 Å². The predicted octanol–water partition coefficient (Wildman–Crippen LogP) is 6.32. The molecule has 0 aliphatic rings. The molecule has 1 N–H and O–H groups in total. The topological polar surface area (TPSA) is 84.2 Å². The van der Waals surface area contributed by atoms with Gasteiger partial charge in [-0.3, -0.25) is 10.1 Å². The Bertz CT molecular complexity index is 1110. The fourth-order valence-corrected chi connectivity index (χ4v) is 3.59. The Morgan fingerprint density at radius 2 is 1.70 bits per heavy atom. The van der Waals surface area contributed by atoms with Crippen LogP contribution in [0.25, 0.3) is 17.3 Å². The molecule has 0 aliphatic carbocycles. The summed E-state index contributed by atoms with van der Waals surface area (Å²) in [6, 6.07) is 16.9.